The first-order chi connectivity index (χ1) is 6.43. The summed E-state index contributed by atoms with van der Waals surface area (Å²) in [5, 5.41) is 0. The van der Waals surface area contributed by atoms with E-state index in [1.807, 2.05) is 27.7 Å². The molecule has 1 fully saturated rings. The Morgan fingerprint density at radius 1 is 0.857 bits per heavy atom. The number of ether oxygens (including phenoxy) is 2. The third kappa shape index (κ3) is 2.05. The van der Waals surface area contributed by atoms with Crippen molar-refractivity contribution in [1.29, 1.82) is 0 Å². The monoisotopic (exact) mass is 200 g/mol. The third-order valence-electron chi connectivity index (χ3n) is 2.16. The van der Waals surface area contributed by atoms with E-state index in [0.29, 0.717) is 0 Å². The van der Waals surface area contributed by atoms with Gasteiger partial charge in [0, 0.05) is 11.8 Å². The third-order valence-corrected chi connectivity index (χ3v) is 2.16. The van der Waals surface area contributed by atoms with E-state index in [0.717, 1.165) is 0 Å². The van der Waals surface area contributed by atoms with Crippen LogP contribution in [0.15, 0.2) is 0 Å². The first-order valence-electron chi connectivity index (χ1n) is 4.84. The quantitative estimate of drug-likeness (QED) is 0.627. The Kier molecular flexibility index (Phi) is 3.13. The van der Waals surface area contributed by atoms with Crippen LogP contribution in [-0.2, 0) is 19.1 Å². The maximum atomic E-state index is 11.4. The molecule has 1 aliphatic heterocycles. The summed E-state index contributed by atoms with van der Waals surface area (Å²) in [7, 11) is 0. The minimum absolute atomic E-state index is 0.0421. The standard InChI is InChI=1S/C10H16O4/c1-5(2)7-9(11)14-8(6(3)4)10(12)13-7/h5-8H,1-4H3/t7-,8-/m0/s1. The number of hydrogen-bond acceptors (Lipinski definition) is 4. The van der Waals surface area contributed by atoms with Crippen LogP contribution in [0.1, 0.15) is 27.7 Å². The molecule has 1 heterocycles. The highest BCUT2D eigenvalue weighted by Crippen LogP contribution is 2.21. The molecular formula is C10H16O4. The van der Waals surface area contributed by atoms with Gasteiger partial charge in [0.15, 0.2) is 0 Å². The fraction of sp³-hybridized carbons (Fsp3) is 0.800. The van der Waals surface area contributed by atoms with Crippen LogP contribution in [0, 0.1) is 11.8 Å². The molecule has 0 aliphatic carbocycles. The molecule has 0 bridgehead atoms. The Morgan fingerprint density at radius 3 is 1.36 bits per heavy atom. The zero-order valence-corrected chi connectivity index (χ0v) is 8.94. The summed E-state index contributed by atoms with van der Waals surface area (Å²) in [5.41, 5.74) is 0. The van der Waals surface area contributed by atoms with Crippen molar-refractivity contribution < 1.29 is 19.1 Å². The van der Waals surface area contributed by atoms with Gasteiger partial charge >= 0.3 is 11.9 Å². The molecule has 2 atom stereocenters. The van der Waals surface area contributed by atoms with Gasteiger partial charge in [-0.15, -0.1) is 0 Å². The molecular weight excluding hydrogens is 184 g/mol. The summed E-state index contributed by atoms with van der Waals surface area (Å²) in [6.45, 7) is 7.26. The van der Waals surface area contributed by atoms with Crippen molar-refractivity contribution in [1.82, 2.24) is 0 Å². The molecule has 0 N–H and O–H groups in total. The average Bonchev–Trinajstić information content (AvgIpc) is 2.07. The minimum atomic E-state index is -0.738. The highest BCUT2D eigenvalue weighted by Gasteiger charge is 2.40. The smallest absolute Gasteiger partial charge is 0.348 e. The molecule has 1 aliphatic rings. The van der Waals surface area contributed by atoms with Gasteiger partial charge in [-0.1, -0.05) is 27.7 Å². The molecule has 4 nitrogen and oxygen atoms in total. The van der Waals surface area contributed by atoms with E-state index < -0.39 is 24.1 Å². The molecule has 4 heteroatoms. The molecule has 0 radical (unpaired) electrons. The molecule has 0 spiro atoms. The summed E-state index contributed by atoms with van der Waals surface area (Å²) in [5.74, 6) is -0.948. The lowest BCUT2D eigenvalue weighted by molar-refractivity contribution is -0.201. The van der Waals surface area contributed by atoms with E-state index in [4.69, 9.17) is 9.47 Å². The fourth-order valence-corrected chi connectivity index (χ4v) is 1.30. The van der Waals surface area contributed by atoms with Crippen LogP contribution >= 0.6 is 0 Å². The molecule has 0 aromatic heterocycles. The Hall–Kier alpha value is -1.06. The SMILES string of the molecule is CC(C)[C@@H]1OC(=O)[C@H](C(C)C)OC1=O. The molecule has 0 amide bonds. The maximum Gasteiger partial charge on any atom is 0.348 e. The van der Waals surface area contributed by atoms with Crippen LogP contribution < -0.4 is 0 Å². The van der Waals surface area contributed by atoms with Gasteiger partial charge in [0.2, 0.25) is 12.2 Å². The summed E-state index contributed by atoms with van der Waals surface area (Å²) in [6, 6.07) is 0. The summed E-state index contributed by atoms with van der Waals surface area (Å²) >= 11 is 0. The van der Waals surface area contributed by atoms with Gasteiger partial charge in [0.1, 0.15) is 0 Å². The van der Waals surface area contributed by atoms with Gasteiger partial charge in [-0.05, 0) is 0 Å². The lowest BCUT2D eigenvalue weighted by Gasteiger charge is -2.30. The maximum absolute atomic E-state index is 11.4. The molecule has 1 saturated heterocycles. The predicted octanol–water partition coefficient (Wildman–Crippen LogP) is 1.14. The Balaban J connectivity index is 2.72. The first-order valence-corrected chi connectivity index (χ1v) is 4.84. The molecule has 0 aromatic rings. The van der Waals surface area contributed by atoms with Gasteiger partial charge in [-0.2, -0.15) is 0 Å². The Morgan fingerprint density at radius 2 is 1.14 bits per heavy atom. The second-order valence-corrected chi connectivity index (χ2v) is 4.20. The van der Waals surface area contributed by atoms with Gasteiger partial charge in [-0.3, -0.25) is 0 Å². The molecule has 0 saturated carbocycles. The second kappa shape index (κ2) is 3.98. The van der Waals surface area contributed by atoms with E-state index in [1.54, 1.807) is 0 Å². The van der Waals surface area contributed by atoms with Crippen LogP contribution in [0.2, 0.25) is 0 Å². The Labute approximate surface area is 83.6 Å². The van der Waals surface area contributed by atoms with Gasteiger partial charge in [-0.25, -0.2) is 9.59 Å². The summed E-state index contributed by atoms with van der Waals surface area (Å²) in [6.07, 6.45) is -1.48. The summed E-state index contributed by atoms with van der Waals surface area (Å²) < 4.78 is 10.0. The lowest BCUT2D eigenvalue weighted by Crippen LogP contribution is -2.48. The second-order valence-electron chi connectivity index (χ2n) is 4.20. The van der Waals surface area contributed by atoms with E-state index in [2.05, 4.69) is 0 Å². The van der Waals surface area contributed by atoms with Crippen LogP contribution in [0.3, 0.4) is 0 Å². The minimum Gasteiger partial charge on any atom is -0.447 e. The number of esters is 2. The molecule has 80 valence electrons. The number of carbonyl (C=O) groups is 2. The molecule has 0 aromatic carbocycles. The molecule has 0 unspecified atom stereocenters. The average molecular weight is 200 g/mol. The zero-order chi connectivity index (χ0) is 10.9. The topological polar surface area (TPSA) is 52.6 Å². The molecule has 14 heavy (non-hydrogen) atoms. The van der Waals surface area contributed by atoms with Crippen molar-refractivity contribution in [2.75, 3.05) is 0 Å². The predicted molar refractivity (Wildman–Crippen MR) is 49.4 cm³/mol. The van der Waals surface area contributed by atoms with Gasteiger partial charge in [0.05, 0.1) is 0 Å². The number of hydrogen-bond donors (Lipinski definition) is 0. The van der Waals surface area contributed by atoms with E-state index in [1.165, 1.54) is 0 Å². The van der Waals surface area contributed by atoms with Crippen molar-refractivity contribution in [2.24, 2.45) is 11.8 Å². The zero-order valence-electron chi connectivity index (χ0n) is 8.94. The van der Waals surface area contributed by atoms with Crippen molar-refractivity contribution >= 4 is 11.9 Å². The fourth-order valence-electron chi connectivity index (χ4n) is 1.30. The van der Waals surface area contributed by atoms with Crippen molar-refractivity contribution in [3.05, 3.63) is 0 Å². The summed E-state index contributed by atoms with van der Waals surface area (Å²) in [4.78, 5) is 22.8. The largest absolute Gasteiger partial charge is 0.447 e. The van der Waals surface area contributed by atoms with Crippen molar-refractivity contribution in [3.63, 3.8) is 0 Å². The molecule has 1 rings (SSSR count). The highest BCUT2D eigenvalue weighted by atomic mass is 16.6. The van der Waals surface area contributed by atoms with Crippen molar-refractivity contribution in [2.45, 2.75) is 39.9 Å². The van der Waals surface area contributed by atoms with E-state index in [9.17, 15) is 9.59 Å². The van der Waals surface area contributed by atoms with Crippen LogP contribution in [0.25, 0.3) is 0 Å². The van der Waals surface area contributed by atoms with Crippen LogP contribution in [0.5, 0.6) is 0 Å². The number of cyclic esters (lactones) is 2. The van der Waals surface area contributed by atoms with Gasteiger partial charge < -0.3 is 9.47 Å². The van der Waals surface area contributed by atoms with E-state index in [-0.39, 0.29) is 11.8 Å². The lowest BCUT2D eigenvalue weighted by atomic mass is 10.0. The number of rotatable bonds is 2. The van der Waals surface area contributed by atoms with E-state index >= 15 is 0 Å². The van der Waals surface area contributed by atoms with Gasteiger partial charge in [0.25, 0.3) is 0 Å². The highest BCUT2D eigenvalue weighted by molar-refractivity contribution is 5.87. The normalized spacial score (nSPS) is 27.9. The Bertz CT molecular complexity index is 219. The number of carbonyl (C=O) groups excluding carboxylic acids is 2. The first kappa shape index (κ1) is 11.0. The van der Waals surface area contributed by atoms with Crippen molar-refractivity contribution in [3.8, 4) is 0 Å². The van der Waals surface area contributed by atoms with Crippen LogP contribution in [-0.4, -0.2) is 24.1 Å². The van der Waals surface area contributed by atoms with Crippen LogP contribution in [0.4, 0.5) is 0 Å².